The van der Waals surface area contributed by atoms with Crippen LogP contribution in [-0.2, 0) is 41.6 Å². The molecular formula is C12H19CdO4-. The van der Waals surface area contributed by atoms with Gasteiger partial charge in [-0.05, 0) is 18.4 Å². The van der Waals surface area contributed by atoms with E-state index in [9.17, 15) is 14.7 Å². The van der Waals surface area contributed by atoms with E-state index < -0.39 is 11.9 Å². The molecule has 0 radical (unpaired) electrons. The minimum Gasteiger partial charge on any atom is -0.545 e. The number of hydrogen-bond donors (Lipinski definition) is 0. The largest absolute Gasteiger partial charge is 0.545 e. The van der Waals surface area contributed by atoms with E-state index in [4.69, 9.17) is 4.74 Å². The first-order valence-corrected chi connectivity index (χ1v) is 5.65. The van der Waals surface area contributed by atoms with E-state index in [1.54, 1.807) is 0 Å². The van der Waals surface area contributed by atoms with Crippen molar-refractivity contribution < 1.29 is 46.7 Å². The van der Waals surface area contributed by atoms with E-state index in [0.29, 0.717) is 18.6 Å². The van der Waals surface area contributed by atoms with Gasteiger partial charge in [-0.3, -0.25) is 0 Å². The summed E-state index contributed by atoms with van der Waals surface area (Å²) in [5, 5.41) is 10.0. The quantitative estimate of drug-likeness (QED) is 0.377. The van der Waals surface area contributed by atoms with Crippen LogP contribution in [0.3, 0.4) is 0 Å². The normalized spacial score (nSPS) is 11.9. The predicted molar refractivity (Wildman–Crippen MR) is 58.4 cm³/mol. The monoisotopic (exact) mass is 341 g/mol. The zero-order valence-corrected chi connectivity index (χ0v) is 14.6. The third-order valence-electron chi connectivity index (χ3n) is 2.36. The summed E-state index contributed by atoms with van der Waals surface area (Å²) >= 11 is 0. The molecule has 0 fully saturated rings. The fourth-order valence-electron chi connectivity index (χ4n) is 1.28. The van der Waals surface area contributed by atoms with Crippen LogP contribution in [0.5, 0.6) is 0 Å². The zero-order valence-electron chi connectivity index (χ0n) is 10.6. The van der Waals surface area contributed by atoms with Crippen molar-refractivity contribution in [1.82, 2.24) is 0 Å². The van der Waals surface area contributed by atoms with E-state index in [0.717, 1.165) is 31.8 Å². The topological polar surface area (TPSA) is 66.4 Å². The van der Waals surface area contributed by atoms with Gasteiger partial charge in [-0.15, -0.1) is 0 Å². The molecular weight excluding hydrogens is 321 g/mol. The molecule has 0 saturated carbocycles. The summed E-state index contributed by atoms with van der Waals surface area (Å²) in [6.45, 7) is 4.51. The van der Waals surface area contributed by atoms with Gasteiger partial charge in [0.15, 0.2) is 0 Å². The van der Waals surface area contributed by atoms with Gasteiger partial charge in [-0.25, -0.2) is 4.79 Å². The molecule has 0 aromatic carbocycles. The van der Waals surface area contributed by atoms with Crippen molar-refractivity contribution in [2.45, 2.75) is 39.5 Å². The maximum atomic E-state index is 11.0. The molecule has 0 N–H and O–H groups in total. The summed E-state index contributed by atoms with van der Waals surface area (Å²) in [5.74, 6) is -1.66. The van der Waals surface area contributed by atoms with Crippen LogP contribution in [0.4, 0.5) is 0 Å². The molecule has 4 nitrogen and oxygen atoms in total. The molecule has 0 aliphatic heterocycles. The summed E-state index contributed by atoms with van der Waals surface area (Å²) in [4.78, 5) is 21.1. The number of carbonyl (C=O) groups excluding carboxylic acids is 2. The maximum Gasteiger partial charge on any atom is 0.330 e. The zero-order chi connectivity index (χ0) is 12.4. The summed E-state index contributed by atoms with van der Waals surface area (Å²) in [5.41, 5.74) is 0. The van der Waals surface area contributed by atoms with E-state index in [-0.39, 0.29) is 27.3 Å². The Kier molecular flexibility index (Phi) is 13.5. The second-order valence-corrected chi connectivity index (χ2v) is 3.70. The smallest absolute Gasteiger partial charge is 0.330 e. The van der Waals surface area contributed by atoms with Crippen molar-refractivity contribution in [2.24, 2.45) is 5.92 Å². The predicted octanol–water partition coefficient (Wildman–Crippen LogP) is 1.05. The van der Waals surface area contributed by atoms with Gasteiger partial charge in [0, 0.05) is 33.4 Å². The Hall–Kier alpha value is -0.398. The summed E-state index contributed by atoms with van der Waals surface area (Å²) in [7, 11) is 0. The number of hydrogen-bond acceptors (Lipinski definition) is 4. The fraction of sp³-hybridized carbons (Fsp3) is 0.667. The molecule has 0 aromatic heterocycles. The number of rotatable bonds is 8. The molecule has 0 saturated heterocycles. The van der Waals surface area contributed by atoms with Crippen LogP contribution in [0, 0.1) is 5.92 Å². The number of carboxylic acid groups (broad SMARTS) is 1. The van der Waals surface area contributed by atoms with Crippen molar-refractivity contribution in [3.63, 3.8) is 0 Å². The van der Waals surface area contributed by atoms with Gasteiger partial charge in [0.05, 0.1) is 12.6 Å². The first-order chi connectivity index (χ1) is 7.60. The molecule has 0 bridgehead atoms. The van der Waals surface area contributed by atoms with Crippen LogP contribution in [-0.4, -0.2) is 18.5 Å². The van der Waals surface area contributed by atoms with Crippen LogP contribution < -0.4 is 5.11 Å². The minimum atomic E-state index is -1.39. The van der Waals surface area contributed by atoms with E-state index in [1.807, 2.05) is 6.92 Å². The number of unbranched alkanes of at least 4 members (excludes halogenated alkanes) is 1. The number of aliphatic carboxylic acids is 1. The number of esters is 1. The van der Waals surface area contributed by atoms with Gasteiger partial charge < -0.3 is 14.6 Å². The first kappa shape index (κ1) is 19.0. The molecule has 17 heavy (non-hydrogen) atoms. The standard InChI is InChI=1S/C12H20O4.Cd/c1-3-5-6-10(4-2)9-16-12(15)8-7-11(13)14;/h7-8,10H,3-6,9H2,1-2H3,(H,13,14);/p-1. The number of ether oxygens (including phenoxy) is 1. The Labute approximate surface area is 123 Å². The molecule has 1 atom stereocenters. The van der Waals surface area contributed by atoms with Gasteiger partial charge >= 0.3 is 5.97 Å². The van der Waals surface area contributed by atoms with Gasteiger partial charge in [0.1, 0.15) is 0 Å². The van der Waals surface area contributed by atoms with Gasteiger partial charge in [-0.1, -0.05) is 33.1 Å². The Morgan fingerprint density at radius 2 is 1.94 bits per heavy atom. The van der Waals surface area contributed by atoms with E-state index in [1.165, 1.54) is 0 Å². The summed E-state index contributed by atoms with van der Waals surface area (Å²) in [6, 6.07) is 0. The molecule has 0 amide bonds. The molecule has 0 aliphatic carbocycles. The minimum absolute atomic E-state index is 0. The van der Waals surface area contributed by atoms with Crippen molar-refractivity contribution in [3.05, 3.63) is 12.2 Å². The average molecular weight is 340 g/mol. The van der Waals surface area contributed by atoms with E-state index >= 15 is 0 Å². The summed E-state index contributed by atoms with van der Waals surface area (Å²) < 4.78 is 4.93. The van der Waals surface area contributed by atoms with Gasteiger partial charge in [0.2, 0.25) is 0 Å². The summed E-state index contributed by atoms with van der Waals surface area (Å²) in [6.07, 6.45) is 5.78. The van der Waals surface area contributed by atoms with Gasteiger partial charge in [0.25, 0.3) is 0 Å². The second kappa shape index (κ2) is 12.1. The second-order valence-electron chi connectivity index (χ2n) is 3.70. The van der Waals surface area contributed by atoms with Crippen LogP contribution in [0.1, 0.15) is 39.5 Å². The third-order valence-corrected chi connectivity index (χ3v) is 2.36. The SMILES string of the molecule is CCCCC(CC)COC(=O)C=CC(=O)[O-].[Cd]. The molecule has 94 valence electrons. The van der Waals surface area contributed by atoms with Crippen molar-refractivity contribution in [1.29, 1.82) is 0 Å². The Morgan fingerprint density at radius 1 is 1.29 bits per heavy atom. The first-order valence-electron chi connectivity index (χ1n) is 5.65. The maximum absolute atomic E-state index is 11.0. The van der Waals surface area contributed by atoms with Crippen molar-refractivity contribution in [2.75, 3.05) is 6.61 Å². The Bertz CT molecular complexity index is 251. The van der Waals surface area contributed by atoms with Crippen LogP contribution in [0.2, 0.25) is 0 Å². The Morgan fingerprint density at radius 3 is 2.41 bits per heavy atom. The van der Waals surface area contributed by atoms with Crippen LogP contribution in [0.25, 0.3) is 0 Å². The fourth-order valence-corrected chi connectivity index (χ4v) is 1.28. The number of carboxylic acids is 1. The number of carbonyl (C=O) groups is 2. The molecule has 0 rings (SSSR count). The molecule has 0 aliphatic rings. The third kappa shape index (κ3) is 11.9. The molecule has 0 heterocycles. The molecule has 0 spiro atoms. The molecule has 5 heteroatoms. The van der Waals surface area contributed by atoms with Crippen LogP contribution in [0.15, 0.2) is 12.2 Å². The average Bonchev–Trinajstić information content (AvgIpc) is 2.26. The molecule has 1 unspecified atom stereocenters. The van der Waals surface area contributed by atoms with Gasteiger partial charge in [-0.2, -0.15) is 0 Å². The molecule has 0 aromatic rings. The van der Waals surface area contributed by atoms with E-state index in [2.05, 4.69) is 6.92 Å². The van der Waals surface area contributed by atoms with Crippen LogP contribution >= 0.6 is 0 Å². The Balaban J connectivity index is 0. The van der Waals surface area contributed by atoms with Crippen molar-refractivity contribution >= 4 is 11.9 Å². The van der Waals surface area contributed by atoms with Crippen molar-refractivity contribution in [3.8, 4) is 0 Å².